The fourth-order valence-electron chi connectivity index (χ4n) is 2.38. The third kappa shape index (κ3) is 2.23. The zero-order chi connectivity index (χ0) is 15.0. The highest BCUT2D eigenvalue weighted by molar-refractivity contribution is 6.09. The molecule has 1 aromatic carbocycles. The van der Waals surface area contributed by atoms with Crippen molar-refractivity contribution in [3.8, 4) is 5.75 Å². The lowest BCUT2D eigenvalue weighted by Gasteiger charge is -2.04. The Kier molecular flexibility index (Phi) is 3.10. The maximum atomic E-state index is 12.7. The molecule has 3 rings (SSSR count). The number of carbonyl (C=O) groups excluding carboxylic acids is 1. The van der Waals surface area contributed by atoms with Gasteiger partial charge in [0.1, 0.15) is 17.1 Å². The zero-order valence-electron chi connectivity index (χ0n) is 11.5. The van der Waals surface area contributed by atoms with Crippen LogP contribution < -0.4 is 5.43 Å². The fraction of sp³-hybridized carbons (Fsp3) is 0.125. The first-order chi connectivity index (χ1) is 10.1. The van der Waals surface area contributed by atoms with E-state index in [0.717, 1.165) is 5.69 Å². The molecule has 0 fully saturated rings. The van der Waals surface area contributed by atoms with Gasteiger partial charge in [0.2, 0.25) is 5.78 Å². The van der Waals surface area contributed by atoms with Crippen LogP contribution in [0.3, 0.4) is 0 Å². The van der Waals surface area contributed by atoms with Crippen molar-refractivity contribution in [2.24, 2.45) is 0 Å². The molecular weight excluding hydrogens is 268 g/mol. The smallest absolute Gasteiger partial charge is 0.211 e. The Labute approximate surface area is 120 Å². The number of aromatic amines is 1. The van der Waals surface area contributed by atoms with Crippen LogP contribution in [0.15, 0.2) is 47.4 Å². The lowest BCUT2D eigenvalue weighted by atomic mass is 10.1. The number of imidazole rings is 1. The van der Waals surface area contributed by atoms with Gasteiger partial charge in [0.25, 0.3) is 0 Å². The van der Waals surface area contributed by atoms with Crippen molar-refractivity contribution in [2.45, 2.75) is 13.3 Å². The fourth-order valence-corrected chi connectivity index (χ4v) is 2.38. The number of hydrogen-bond donors (Lipinski definition) is 2. The summed E-state index contributed by atoms with van der Waals surface area (Å²) >= 11 is 0. The molecule has 2 aromatic heterocycles. The average molecular weight is 282 g/mol. The molecule has 0 atom stereocenters. The topological polar surface area (TPSA) is 74.6 Å². The number of H-pyrrole nitrogens is 1. The van der Waals surface area contributed by atoms with Crippen LogP contribution in [0.1, 0.15) is 28.7 Å². The second-order valence-electron chi connectivity index (χ2n) is 4.80. The Bertz CT molecular complexity index is 873. The first-order valence-electron chi connectivity index (χ1n) is 6.67. The quantitative estimate of drug-likeness (QED) is 0.723. The van der Waals surface area contributed by atoms with Crippen LogP contribution in [0.25, 0.3) is 5.65 Å². The molecule has 0 aliphatic rings. The van der Waals surface area contributed by atoms with E-state index >= 15 is 0 Å². The van der Waals surface area contributed by atoms with Gasteiger partial charge >= 0.3 is 0 Å². The van der Waals surface area contributed by atoms with E-state index in [2.05, 4.69) is 4.98 Å². The minimum atomic E-state index is -0.151. The largest absolute Gasteiger partial charge is 0.508 e. The van der Waals surface area contributed by atoms with E-state index in [1.165, 1.54) is 24.3 Å². The molecule has 106 valence electrons. The Hall–Kier alpha value is -2.82. The van der Waals surface area contributed by atoms with E-state index in [4.69, 9.17) is 0 Å². The maximum absolute atomic E-state index is 12.7. The summed E-state index contributed by atoms with van der Waals surface area (Å²) in [6.45, 7) is 1.94. The molecule has 0 radical (unpaired) electrons. The van der Waals surface area contributed by atoms with Gasteiger partial charge in [-0.2, -0.15) is 0 Å². The zero-order valence-corrected chi connectivity index (χ0v) is 11.5. The standard InChI is InChI=1S/C16H14N2O3/c1-2-13-15(16(21)10-3-5-11(19)6-4-10)18-8-7-12(20)9-14(18)17-13/h3-9,17,19H,2H2,1H3. The molecule has 5 nitrogen and oxygen atoms in total. The van der Waals surface area contributed by atoms with Crippen LogP contribution in [0.2, 0.25) is 0 Å². The Morgan fingerprint density at radius 3 is 2.62 bits per heavy atom. The predicted octanol–water partition coefficient (Wildman–Crippen LogP) is 2.13. The first-order valence-corrected chi connectivity index (χ1v) is 6.67. The van der Waals surface area contributed by atoms with Crippen LogP contribution in [0.4, 0.5) is 0 Å². The summed E-state index contributed by atoms with van der Waals surface area (Å²) in [5.41, 5.74) is 2.27. The molecule has 0 aliphatic carbocycles. The molecule has 2 heterocycles. The van der Waals surface area contributed by atoms with Gasteiger partial charge in [-0.15, -0.1) is 0 Å². The van der Waals surface area contributed by atoms with E-state index in [1.807, 2.05) is 6.92 Å². The third-order valence-electron chi connectivity index (χ3n) is 3.43. The third-order valence-corrected chi connectivity index (χ3v) is 3.43. The number of pyridine rings is 1. The van der Waals surface area contributed by atoms with Gasteiger partial charge in [0, 0.05) is 29.6 Å². The summed E-state index contributed by atoms with van der Waals surface area (Å²) in [4.78, 5) is 27.2. The van der Waals surface area contributed by atoms with Crippen molar-refractivity contribution in [3.63, 3.8) is 0 Å². The molecular formula is C16H14N2O3. The van der Waals surface area contributed by atoms with Crippen molar-refractivity contribution in [3.05, 3.63) is 69.8 Å². The Morgan fingerprint density at radius 1 is 1.24 bits per heavy atom. The number of nitrogens with one attached hydrogen (secondary N) is 1. The lowest BCUT2D eigenvalue weighted by molar-refractivity contribution is 0.103. The molecule has 0 unspecified atom stereocenters. The average Bonchev–Trinajstić information content (AvgIpc) is 2.84. The van der Waals surface area contributed by atoms with E-state index in [9.17, 15) is 14.7 Å². The Morgan fingerprint density at radius 2 is 1.95 bits per heavy atom. The molecule has 0 bridgehead atoms. The molecule has 0 spiro atoms. The van der Waals surface area contributed by atoms with Crippen molar-refractivity contribution in [1.29, 1.82) is 0 Å². The lowest BCUT2D eigenvalue weighted by Crippen LogP contribution is -2.09. The molecule has 3 aromatic rings. The summed E-state index contributed by atoms with van der Waals surface area (Å²) in [5.74, 6) is -0.0356. The SMILES string of the molecule is CCc1[nH]c2cc(=O)ccn2c1C(=O)c1ccc(O)cc1. The van der Waals surface area contributed by atoms with E-state index in [-0.39, 0.29) is 17.0 Å². The molecule has 0 saturated carbocycles. The second kappa shape index (κ2) is 4.94. The summed E-state index contributed by atoms with van der Waals surface area (Å²) in [5, 5.41) is 9.31. The van der Waals surface area contributed by atoms with Gasteiger partial charge < -0.3 is 10.1 Å². The van der Waals surface area contributed by atoms with Crippen molar-refractivity contribution < 1.29 is 9.90 Å². The van der Waals surface area contributed by atoms with Gasteiger partial charge in [-0.25, -0.2) is 0 Å². The van der Waals surface area contributed by atoms with Crippen LogP contribution >= 0.6 is 0 Å². The number of phenolic OH excluding ortho intramolecular Hbond substituents is 1. The van der Waals surface area contributed by atoms with Crippen molar-refractivity contribution >= 4 is 11.4 Å². The number of rotatable bonds is 3. The number of carbonyl (C=O) groups is 1. The summed E-state index contributed by atoms with van der Waals surface area (Å²) in [6, 6.07) is 9.01. The number of fused-ring (bicyclic) bond motifs is 1. The predicted molar refractivity (Wildman–Crippen MR) is 78.9 cm³/mol. The second-order valence-corrected chi connectivity index (χ2v) is 4.80. The van der Waals surface area contributed by atoms with E-state index in [1.54, 1.807) is 22.7 Å². The number of aromatic hydroxyl groups is 1. The Balaban J connectivity index is 2.20. The van der Waals surface area contributed by atoms with Gasteiger partial charge in [-0.3, -0.25) is 14.0 Å². The molecule has 0 aliphatic heterocycles. The number of hydrogen-bond acceptors (Lipinski definition) is 3. The van der Waals surface area contributed by atoms with Crippen molar-refractivity contribution in [2.75, 3.05) is 0 Å². The van der Waals surface area contributed by atoms with Crippen LogP contribution in [-0.4, -0.2) is 20.3 Å². The minimum absolute atomic E-state index is 0.109. The number of aromatic nitrogens is 2. The minimum Gasteiger partial charge on any atom is -0.508 e. The van der Waals surface area contributed by atoms with Crippen molar-refractivity contribution in [1.82, 2.24) is 9.38 Å². The summed E-state index contributed by atoms with van der Waals surface area (Å²) < 4.78 is 1.69. The van der Waals surface area contributed by atoms with Crippen LogP contribution in [0.5, 0.6) is 5.75 Å². The van der Waals surface area contributed by atoms with Gasteiger partial charge in [0.15, 0.2) is 5.43 Å². The number of aryl methyl sites for hydroxylation is 1. The molecule has 5 heteroatoms. The van der Waals surface area contributed by atoms with Crippen LogP contribution in [-0.2, 0) is 6.42 Å². The van der Waals surface area contributed by atoms with Gasteiger partial charge in [0.05, 0.1) is 0 Å². The number of ketones is 1. The highest BCUT2D eigenvalue weighted by Crippen LogP contribution is 2.18. The summed E-state index contributed by atoms with van der Waals surface area (Å²) in [6.07, 6.45) is 2.25. The van der Waals surface area contributed by atoms with Gasteiger partial charge in [-0.1, -0.05) is 6.92 Å². The molecule has 0 amide bonds. The normalized spacial score (nSPS) is 10.9. The van der Waals surface area contributed by atoms with E-state index in [0.29, 0.717) is 23.3 Å². The molecule has 21 heavy (non-hydrogen) atoms. The summed E-state index contributed by atoms with van der Waals surface area (Å²) in [7, 11) is 0. The highest BCUT2D eigenvalue weighted by atomic mass is 16.3. The molecule has 0 saturated heterocycles. The number of nitrogens with zero attached hydrogens (tertiary/aromatic N) is 1. The van der Waals surface area contributed by atoms with Gasteiger partial charge in [-0.05, 0) is 30.7 Å². The molecule has 2 N–H and O–H groups in total. The monoisotopic (exact) mass is 282 g/mol. The first kappa shape index (κ1) is 13.2. The number of benzene rings is 1. The maximum Gasteiger partial charge on any atom is 0.211 e. The number of phenols is 1. The van der Waals surface area contributed by atoms with Crippen LogP contribution in [0, 0.1) is 0 Å². The van der Waals surface area contributed by atoms with E-state index < -0.39 is 0 Å². The highest BCUT2D eigenvalue weighted by Gasteiger charge is 2.18.